The average Bonchev–Trinajstić information content (AvgIpc) is 2.75. The third kappa shape index (κ3) is 2.63. The second-order valence-corrected chi connectivity index (χ2v) is 6.52. The number of anilines is 1. The van der Waals surface area contributed by atoms with E-state index in [-0.39, 0.29) is 10.7 Å². The van der Waals surface area contributed by atoms with Crippen LogP contribution in [0.5, 0.6) is 0 Å². The van der Waals surface area contributed by atoms with Crippen LogP contribution in [0.25, 0.3) is 0 Å². The summed E-state index contributed by atoms with van der Waals surface area (Å²) in [6.45, 7) is 0. The van der Waals surface area contributed by atoms with Gasteiger partial charge in [0.2, 0.25) is 10.0 Å². The van der Waals surface area contributed by atoms with Crippen molar-refractivity contribution in [3.8, 4) is 0 Å². The van der Waals surface area contributed by atoms with Gasteiger partial charge in [-0.15, -0.1) is 0 Å². The monoisotopic (exact) mass is 305 g/mol. The SMILES string of the molecule is NS(=O)(=O)c1cccnc1N[C@H]1c2ccccc2C[C@H]1O. The van der Waals surface area contributed by atoms with Gasteiger partial charge in [-0.05, 0) is 23.3 Å². The summed E-state index contributed by atoms with van der Waals surface area (Å²) >= 11 is 0. The maximum absolute atomic E-state index is 11.6. The molecule has 21 heavy (non-hydrogen) atoms. The molecule has 1 aromatic carbocycles. The van der Waals surface area contributed by atoms with Gasteiger partial charge in [0.1, 0.15) is 10.7 Å². The summed E-state index contributed by atoms with van der Waals surface area (Å²) in [5, 5.41) is 18.4. The quantitative estimate of drug-likeness (QED) is 0.778. The van der Waals surface area contributed by atoms with Crippen LogP contribution >= 0.6 is 0 Å². The lowest BCUT2D eigenvalue weighted by Gasteiger charge is -2.19. The molecule has 0 saturated carbocycles. The zero-order valence-electron chi connectivity index (χ0n) is 11.1. The fraction of sp³-hybridized carbons (Fsp3) is 0.214. The molecule has 2 atom stereocenters. The second kappa shape index (κ2) is 5.10. The number of rotatable bonds is 3. The van der Waals surface area contributed by atoms with Crippen LogP contribution in [0.15, 0.2) is 47.5 Å². The van der Waals surface area contributed by atoms with Gasteiger partial charge in [0.15, 0.2) is 0 Å². The summed E-state index contributed by atoms with van der Waals surface area (Å²) in [5.74, 6) is 0.153. The van der Waals surface area contributed by atoms with Crippen molar-refractivity contribution in [1.82, 2.24) is 4.98 Å². The lowest BCUT2D eigenvalue weighted by molar-refractivity contribution is 0.165. The molecule has 3 rings (SSSR count). The van der Waals surface area contributed by atoms with E-state index in [1.165, 1.54) is 18.3 Å². The predicted octanol–water partition coefficient (Wildman–Crippen LogP) is 0.799. The lowest BCUT2D eigenvalue weighted by atomic mass is 10.1. The Morgan fingerprint density at radius 1 is 1.24 bits per heavy atom. The molecule has 0 unspecified atom stereocenters. The molecule has 0 bridgehead atoms. The van der Waals surface area contributed by atoms with Crippen molar-refractivity contribution in [2.24, 2.45) is 5.14 Å². The van der Waals surface area contributed by atoms with Gasteiger partial charge in [-0.3, -0.25) is 0 Å². The van der Waals surface area contributed by atoms with Gasteiger partial charge in [-0.2, -0.15) is 0 Å². The number of pyridine rings is 1. The molecule has 6 nitrogen and oxygen atoms in total. The Balaban J connectivity index is 1.99. The Kier molecular flexibility index (Phi) is 3.40. The van der Waals surface area contributed by atoms with E-state index in [1.807, 2.05) is 24.3 Å². The summed E-state index contributed by atoms with van der Waals surface area (Å²) in [4.78, 5) is 3.95. The van der Waals surface area contributed by atoms with E-state index in [0.717, 1.165) is 11.1 Å². The van der Waals surface area contributed by atoms with Gasteiger partial charge in [0.25, 0.3) is 0 Å². The highest BCUT2D eigenvalue weighted by molar-refractivity contribution is 7.89. The first-order valence-corrected chi connectivity index (χ1v) is 8.01. The molecule has 0 radical (unpaired) electrons. The van der Waals surface area contributed by atoms with Crippen LogP contribution in [0.1, 0.15) is 17.2 Å². The van der Waals surface area contributed by atoms with Gasteiger partial charge in [-0.1, -0.05) is 24.3 Å². The first-order chi connectivity index (χ1) is 9.97. The van der Waals surface area contributed by atoms with Crippen LogP contribution in [0.2, 0.25) is 0 Å². The number of sulfonamides is 1. The molecular weight excluding hydrogens is 290 g/mol. The minimum absolute atomic E-state index is 0.0819. The number of primary sulfonamides is 1. The van der Waals surface area contributed by atoms with Crippen LogP contribution in [0.4, 0.5) is 5.82 Å². The van der Waals surface area contributed by atoms with Gasteiger partial charge in [-0.25, -0.2) is 18.5 Å². The highest BCUT2D eigenvalue weighted by Gasteiger charge is 2.32. The predicted molar refractivity (Wildman–Crippen MR) is 78.1 cm³/mol. The number of nitrogens with one attached hydrogen (secondary N) is 1. The fourth-order valence-corrected chi connectivity index (χ4v) is 3.27. The smallest absolute Gasteiger partial charge is 0.241 e. The van der Waals surface area contributed by atoms with Crippen LogP contribution in [0.3, 0.4) is 0 Å². The number of aromatic nitrogens is 1. The number of nitrogens with two attached hydrogens (primary N) is 1. The summed E-state index contributed by atoms with van der Waals surface area (Å²) in [6, 6.07) is 10.1. The topological polar surface area (TPSA) is 105 Å². The van der Waals surface area contributed by atoms with Crippen LogP contribution in [0, 0.1) is 0 Å². The minimum atomic E-state index is -3.88. The molecule has 0 aliphatic heterocycles. The molecule has 4 N–H and O–H groups in total. The minimum Gasteiger partial charge on any atom is -0.390 e. The zero-order chi connectivity index (χ0) is 15.0. The van der Waals surface area contributed by atoms with Gasteiger partial charge in [0, 0.05) is 12.6 Å². The Labute approximate surface area is 122 Å². The van der Waals surface area contributed by atoms with Crippen molar-refractivity contribution in [2.45, 2.75) is 23.5 Å². The van der Waals surface area contributed by atoms with Crippen LogP contribution < -0.4 is 10.5 Å². The number of aliphatic hydroxyl groups excluding tert-OH is 1. The molecule has 1 aliphatic carbocycles. The fourth-order valence-electron chi connectivity index (χ4n) is 2.62. The van der Waals surface area contributed by atoms with Crippen molar-refractivity contribution in [3.05, 3.63) is 53.7 Å². The molecule has 1 heterocycles. The highest BCUT2D eigenvalue weighted by atomic mass is 32.2. The molecule has 7 heteroatoms. The van der Waals surface area contributed by atoms with Crippen molar-refractivity contribution >= 4 is 15.8 Å². The van der Waals surface area contributed by atoms with E-state index < -0.39 is 22.2 Å². The number of aliphatic hydroxyl groups is 1. The summed E-state index contributed by atoms with van der Waals surface area (Å²) < 4.78 is 23.2. The maximum atomic E-state index is 11.6. The number of nitrogens with zero attached hydrogens (tertiary/aromatic N) is 1. The Hall–Kier alpha value is -1.96. The summed E-state index contributed by atoms with van der Waals surface area (Å²) in [5.41, 5.74) is 1.98. The Bertz CT molecular complexity index is 777. The van der Waals surface area contributed by atoms with Gasteiger partial charge in [0.05, 0.1) is 12.1 Å². The van der Waals surface area contributed by atoms with Crippen molar-refractivity contribution in [1.29, 1.82) is 0 Å². The normalized spacial score (nSPS) is 21.0. The summed E-state index contributed by atoms with van der Waals surface area (Å²) in [6.07, 6.45) is 1.35. The third-order valence-corrected chi connectivity index (χ3v) is 4.52. The van der Waals surface area contributed by atoms with Gasteiger partial charge < -0.3 is 10.4 Å². The molecule has 2 aromatic rings. The molecule has 1 aliphatic rings. The van der Waals surface area contributed by atoms with E-state index in [9.17, 15) is 13.5 Å². The second-order valence-electron chi connectivity index (χ2n) is 4.99. The molecule has 1 aromatic heterocycles. The number of benzene rings is 1. The number of hydrogen-bond acceptors (Lipinski definition) is 5. The Morgan fingerprint density at radius 3 is 2.76 bits per heavy atom. The first-order valence-electron chi connectivity index (χ1n) is 6.47. The van der Waals surface area contributed by atoms with Crippen molar-refractivity contribution in [3.63, 3.8) is 0 Å². The number of fused-ring (bicyclic) bond motifs is 1. The Morgan fingerprint density at radius 2 is 2.00 bits per heavy atom. The summed E-state index contributed by atoms with van der Waals surface area (Å²) in [7, 11) is -3.88. The first kappa shape index (κ1) is 14.0. The molecule has 110 valence electrons. The standard InChI is InChI=1S/C14H15N3O3S/c15-21(19,20)12-6-3-7-16-14(12)17-13-10-5-2-1-4-9(10)8-11(13)18/h1-7,11,13,18H,8H2,(H,16,17)(H2,15,19,20)/t11-,13+/m1/s1. The van der Waals surface area contributed by atoms with Gasteiger partial charge >= 0.3 is 0 Å². The third-order valence-electron chi connectivity index (χ3n) is 3.57. The lowest BCUT2D eigenvalue weighted by Crippen LogP contribution is -2.24. The molecule has 0 saturated heterocycles. The van der Waals surface area contributed by atoms with E-state index in [4.69, 9.17) is 5.14 Å². The largest absolute Gasteiger partial charge is 0.390 e. The molecular formula is C14H15N3O3S. The molecule has 0 fully saturated rings. The van der Waals surface area contributed by atoms with E-state index in [1.54, 1.807) is 0 Å². The van der Waals surface area contributed by atoms with E-state index >= 15 is 0 Å². The van der Waals surface area contributed by atoms with Crippen LogP contribution in [-0.2, 0) is 16.4 Å². The molecule has 0 amide bonds. The molecule has 0 spiro atoms. The van der Waals surface area contributed by atoms with Crippen molar-refractivity contribution in [2.75, 3.05) is 5.32 Å². The average molecular weight is 305 g/mol. The van der Waals surface area contributed by atoms with Crippen molar-refractivity contribution < 1.29 is 13.5 Å². The van der Waals surface area contributed by atoms with E-state index in [2.05, 4.69) is 10.3 Å². The number of hydrogen-bond donors (Lipinski definition) is 3. The maximum Gasteiger partial charge on any atom is 0.241 e. The van der Waals surface area contributed by atoms with E-state index in [0.29, 0.717) is 6.42 Å². The van der Waals surface area contributed by atoms with Crippen LogP contribution in [-0.4, -0.2) is 24.6 Å². The highest BCUT2D eigenvalue weighted by Crippen LogP contribution is 2.34. The zero-order valence-corrected chi connectivity index (χ0v) is 11.9.